The highest BCUT2D eigenvalue weighted by molar-refractivity contribution is 7.20. The van der Waals surface area contributed by atoms with Crippen molar-refractivity contribution in [3.05, 3.63) is 62.0 Å². The van der Waals surface area contributed by atoms with Crippen molar-refractivity contribution in [2.24, 2.45) is 0 Å². The molecule has 0 spiro atoms. The summed E-state index contributed by atoms with van der Waals surface area (Å²) in [5.41, 5.74) is -0.846. The molecule has 2 aromatic heterocycles. The molecule has 3 rings (SSSR count). The van der Waals surface area contributed by atoms with Crippen molar-refractivity contribution in [1.29, 1.82) is 0 Å². The number of fused-ring (bicyclic) bond motifs is 1. The second-order valence-corrected chi connectivity index (χ2v) is 6.83. The van der Waals surface area contributed by atoms with E-state index < -0.39 is 23.3 Å². The number of alkyl halides is 3. The largest absolute Gasteiger partial charge is 0.462 e. The lowest BCUT2D eigenvalue weighted by atomic mass is 10.1. The van der Waals surface area contributed by atoms with Crippen molar-refractivity contribution in [1.82, 2.24) is 9.97 Å². The molecule has 1 aromatic carbocycles. The Balaban J connectivity index is 2.03. The van der Waals surface area contributed by atoms with E-state index in [1.54, 1.807) is 13.8 Å². The SMILES string of the molecule is CCOC(=O)c1sc2nc(/C=C/c3ccccc3C(F)(F)F)[nH]c(=O)c2c1C. The molecule has 3 aromatic rings. The summed E-state index contributed by atoms with van der Waals surface area (Å²) < 4.78 is 44.2. The first kappa shape index (κ1) is 19.8. The van der Waals surface area contributed by atoms with E-state index in [0.29, 0.717) is 10.4 Å². The highest BCUT2D eigenvalue weighted by Crippen LogP contribution is 2.32. The number of aryl methyl sites for hydroxylation is 1. The lowest BCUT2D eigenvalue weighted by molar-refractivity contribution is -0.137. The number of carbonyl (C=O) groups is 1. The number of thiophene rings is 1. The molecule has 0 unspecified atom stereocenters. The molecular weight excluding hydrogens is 393 g/mol. The van der Waals surface area contributed by atoms with Crippen LogP contribution >= 0.6 is 11.3 Å². The molecule has 0 aliphatic rings. The van der Waals surface area contributed by atoms with E-state index in [4.69, 9.17) is 4.74 Å². The number of ether oxygens (including phenoxy) is 1. The number of rotatable bonds is 4. The molecule has 9 heteroatoms. The number of nitrogens with one attached hydrogen (secondary N) is 1. The van der Waals surface area contributed by atoms with E-state index in [1.165, 1.54) is 30.4 Å². The Bertz CT molecular complexity index is 1130. The number of halogens is 3. The van der Waals surface area contributed by atoms with E-state index >= 15 is 0 Å². The zero-order valence-electron chi connectivity index (χ0n) is 14.9. The van der Waals surface area contributed by atoms with Gasteiger partial charge in [0.1, 0.15) is 15.5 Å². The quantitative estimate of drug-likeness (QED) is 0.638. The van der Waals surface area contributed by atoms with Gasteiger partial charge in [-0.05, 0) is 37.1 Å². The Morgan fingerprint density at radius 3 is 2.68 bits per heavy atom. The monoisotopic (exact) mass is 408 g/mol. The molecule has 2 heterocycles. The Morgan fingerprint density at radius 2 is 2.00 bits per heavy atom. The van der Waals surface area contributed by atoms with E-state index in [9.17, 15) is 22.8 Å². The van der Waals surface area contributed by atoms with E-state index in [-0.39, 0.29) is 28.3 Å². The molecule has 0 aliphatic carbocycles. The van der Waals surface area contributed by atoms with E-state index in [2.05, 4.69) is 9.97 Å². The van der Waals surface area contributed by atoms with Crippen LogP contribution in [0.3, 0.4) is 0 Å². The maximum absolute atomic E-state index is 13.1. The summed E-state index contributed by atoms with van der Waals surface area (Å²) in [6, 6.07) is 5.09. The molecular formula is C19H15F3N2O3S. The third-order valence-electron chi connectivity index (χ3n) is 3.97. The molecule has 0 radical (unpaired) electrons. The summed E-state index contributed by atoms with van der Waals surface area (Å²) in [5, 5.41) is 0.265. The molecule has 28 heavy (non-hydrogen) atoms. The van der Waals surface area contributed by atoms with Crippen LogP contribution in [0.15, 0.2) is 29.1 Å². The maximum atomic E-state index is 13.1. The van der Waals surface area contributed by atoms with Crippen LogP contribution in [-0.2, 0) is 10.9 Å². The summed E-state index contributed by atoms with van der Waals surface area (Å²) >= 11 is 1.01. The maximum Gasteiger partial charge on any atom is 0.416 e. The average molecular weight is 408 g/mol. The Morgan fingerprint density at radius 1 is 1.29 bits per heavy atom. The molecule has 0 fully saturated rings. The third kappa shape index (κ3) is 3.84. The summed E-state index contributed by atoms with van der Waals surface area (Å²) in [4.78, 5) is 31.8. The van der Waals surface area contributed by atoms with Crippen LogP contribution < -0.4 is 5.56 Å². The normalized spacial score (nSPS) is 12.0. The van der Waals surface area contributed by atoms with Gasteiger partial charge in [0.05, 0.1) is 17.6 Å². The van der Waals surface area contributed by atoms with Crippen LogP contribution in [0.25, 0.3) is 22.4 Å². The highest BCUT2D eigenvalue weighted by Gasteiger charge is 2.32. The first-order valence-corrected chi connectivity index (χ1v) is 9.09. The van der Waals surface area contributed by atoms with Crippen molar-refractivity contribution in [2.75, 3.05) is 6.61 Å². The number of aromatic amines is 1. The number of aromatic nitrogens is 2. The summed E-state index contributed by atoms with van der Waals surface area (Å²) in [6.07, 6.45) is -1.96. The van der Waals surface area contributed by atoms with Crippen molar-refractivity contribution in [2.45, 2.75) is 20.0 Å². The molecule has 5 nitrogen and oxygen atoms in total. The van der Waals surface area contributed by atoms with Gasteiger partial charge in [-0.15, -0.1) is 11.3 Å². The third-order valence-corrected chi connectivity index (χ3v) is 5.13. The average Bonchev–Trinajstić information content (AvgIpc) is 2.97. The standard InChI is InChI=1S/C19H15F3N2O3S/c1-3-27-18(26)15-10(2)14-16(25)23-13(24-17(14)28-15)9-8-11-6-4-5-7-12(11)19(20,21)22/h4-9H,3H2,1-2H3,(H,23,24,25)/b9-8+. The first-order chi connectivity index (χ1) is 13.2. The number of H-pyrrole nitrogens is 1. The van der Waals surface area contributed by atoms with Crippen LogP contribution in [0.4, 0.5) is 13.2 Å². The topological polar surface area (TPSA) is 72.0 Å². The summed E-state index contributed by atoms with van der Waals surface area (Å²) in [5.74, 6) is -0.454. The minimum Gasteiger partial charge on any atom is -0.462 e. The minimum atomic E-state index is -4.49. The Labute approximate surface area is 161 Å². The highest BCUT2D eigenvalue weighted by atomic mass is 32.1. The molecule has 0 amide bonds. The number of benzene rings is 1. The molecule has 146 valence electrons. The van der Waals surface area contributed by atoms with Crippen LogP contribution in [0, 0.1) is 6.92 Å². The van der Waals surface area contributed by atoms with Gasteiger partial charge in [-0.2, -0.15) is 13.2 Å². The van der Waals surface area contributed by atoms with Gasteiger partial charge in [0.2, 0.25) is 0 Å². The van der Waals surface area contributed by atoms with Gasteiger partial charge in [-0.1, -0.05) is 24.3 Å². The number of nitrogens with zero attached hydrogens (tertiary/aromatic N) is 1. The molecule has 0 bridgehead atoms. The van der Waals surface area contributed by atoms with Crippen LogP contribution in [-0.4, -0.2) is 22.5 Å². The van der Waals surface area contributed by atoms with Crippen molar-refractivity contribution in [3.63, 3.8) is 0 Å². The second kappa shape index (κ2) is 7.59. The Hall–Kier alpha value is -2.94. The van der Waals surface area contributed by atoms with Gasteiger partial charge in [0.25, 0.3) is 5.56 Å². The zero-order valence-corrected chi connectivity index (χ0v) is 15.7. The molecule has 0 saturated carbocycles. The Kier molecular flexibility index (Phi) is 5.37. The predicted octanol–water partition coefficient (Wildman–Crippen LogP) is 4.66. The number of hydrogen-bond acceptors (Lipinski definition) is 5. The molecule has 0 aliphatic heterocycles. The van der Waals surface area contributed by atoms with Gasteiger partial charge in [0, 0.05) is 0 Å². The lowest BCUT2D eigenvalue weighted by Gasteiger charge is -2.09. The second-order valence-electron chi connectivity index (χ2n) is 5.83. The van der Waals surface area contributed by atoms with Gasteiger partial charge < -0.3 is 9.72 Å². The summed E-state index contributed by atoms with van der Waals surface area (Å²) in [7, 11) is 0. The number of carbonyl (C=O) groups excluding carboxylic acids is 1. The zero-order chi connectivity index (χ0) is 20.5. The summed E-state index contributed by atoms with van der Waals surface area (Å²) in [6.45, 7) is 3.49. The molecule has 0 saturated heterocycles. The minimum absolute atomic E-state index is 0.0488. The van der Waals surface area contributed by atoms with Crippen LogP contribution in [0.1, 0.15) is 39.1 Å². The first-order valence-electron chi connectivity index (χ1n) is 8.27. The molecule has 0 atom stereocenters. The van der Waals surface area contributed by atoms with E-state index in [1.807, 2.05) is 0 Å². The number of esters is 1. The fourth-order valence-corrected chi connectivity index (χ4v) is 3.78. The van der Waals surface area contributed by atoms with Gasteiger partial charge in [-0.3, -0.25) is 4.79 Å². The fraction of sp³-hybridized carbons (Fsp3) is 0.211. The van der Waals surface area contributed by atoms with Gasteiger partial charge in [0.15, 0.2) is 0 Å². The lowest BCUT2D eigenvalue weighted by Crippen LogP contribution is -2.10. The van der Waals surface area contributed by atoms with Crippen LogP contribution in [0.5, 0.6) is 0 Å². The van der Waals surface area contributed by atoms with Crippen molar-refractivity contribution >= 4 is 39.7 Å². The number of hydrogen-bond donors (Lipinski definition) is 1. The van der Waals surface area contributed by atoms with Crippen molar-refractivity contribution in [3.8, 4) is 0 Å². The predicted molar refractivity (Wildman–Crippen MR) is 101 cm³/mol. The van der Waals surface area contributed by atoms with E-state index in [0.717, 1.165) is 17.4 Å². The fourth-order valence-electron chi connectivity index (χ4n) is 2.70. The van der Waals surface area contributed by atoms with Crippen molar-refractivity contribution < 1.29 is 22.7 Å². The molecule has 1 N–H and O–H groups in total. The van der Waals surface area contributed by atoms with Gasteiger partial charge >= 0.3 is 12.1 Å². The van der Waals surface area contributed by atoms with Crippen LogP contribution in [0.2, 0.25) is 0 Å². The smallest absolute Gasteiger partial charge is 0.416 e. The van der Waals surface area contributed by atoms with Gasteiger partial charge in [-0.25, -0.2) is 9.78 Å².